The lowest BCUT2D eigenvalue weighted by Crippen LogP contribution is -2.04. The van der Waals surface area contributed by atoms with E-state index in [4.69, 9.17) is 23.2 Å². The number of nitrogens with zero attached hydrogens (tertiary/aromatic N) is 1. The molecule has 0 bridgehead atoms. The van der Waals surface area contributed by atoms with Crippen LogP contribution in [0.1, 0.15) is 10.4 Å². The van der Waals surface area contributed by atoms with E-state index in [0.29, 0.717) is 0 Å². The van der Waals surface area contributed by atoms with Crippen molar-refractivity contribution in [3.63, 3.8) is 0 Å². The number of phenolic OH excluding ortho intramolecular Hbond substituents is 1. The summed E-state index contributed by atoms with van der Waals surface area (Å²) in [6, 6.07) is 0.998. The van der Waals surface area contributed by atoms with Crippen LogP contribution in [-0.4, -0.2) is 23.1 Å². The summed E-state index contributed by atoms with van der Waals surface area (Å²) in [6.07, 6.45) is 0. The lowest BCUT2D eigenvalue weighted by molar-refractivity contribution is -0.385. The average Bonchev–Trinajstić information content (AvgIpc) is 2.22. The van der Waals surface area contributed by atoms with Crippen molar-refractivity contribution in [2.75, 3.05) is 7.11 Å². The molecular weight excluding hydrogens is 261 g/mol. The third-order valence-electron chi connectivity index (χ3n) is 1.76. The van der Waals surface area contributed by atoms with Crippen molar-refractivity contribution in [2.45, 2.75) is 0 Å². The number of carbonyl (C=O) groups excluding carboxylic acids is 1. The maximum Gasteiger partial charge on any atom is 0.341 e. The predicted molar refractivity (Wildman–Crippen MR) is 56.1 cm³/mol. The number of aromatic hydroxyl groups is 1. The Morgan fingerprint density at radius 3 is 2.56 bits per heavy atom. The summed E-state index contributed by atoms with van der Waals surface area (Å²) >= 11 is 11.1. The summed E-state index contributed by atoms with van der Waals surface area (Å²) in [5, 5.41) is 19.4. The van der Waals surface area contributed by atoms with E-state index in [-0.39, 0.29) is 5.02 Å². The van der Waals surface area contributed by atoms with Gasteiger partial charge in [-0.3, -0.25) is 10.1 Å². The third-order valence-corrected chi connectivity index (χ3v) is 2.53. The average molecular weight is 266 g/mol. The molecule has 1 aromatic rings. The van der Waals surface area contributed by atoms with E-state index in [9.17, 15) is 20.0 Å². The minimum absolute atomic E-state index is 0.216. The third kappa shape index (κ3) is 2.02. The van der Waals surface area contributed by atoms with E-state index in [1.807, 2.05) is 0 Å². The fourth-order valence-electron chi connectivity index (χ4n) is 1.04. The van der Waals surface area contributed by atoms with Crippen molar-refractivity contribution < 1.29 is 19.6 Å². The summed E-state index contributed by atoms with van der Waals surface area (Å²) in [7, 11) is 1.07. The van der Waals surface area contributed by atoms with Gasteiger partial charge in [-0.1, -0.05) is 23.2 Å². The van der Waals surface area contributed by atoms with Crippen molar-refractivity contribution in [1.82, 2.24) is 0 Å². The second-order valence-corrected chi connectivity index (χ2v) is 3.45. The molecule has 0 heterocycles. The van der Waals surface area contributed by atoms with Gasteiger partial charge in [-0.25, -0.2) is 4.79 Å². The van der Waals surface area contributed by atoms with Crippen molar-refractivity contribution in [3.05, 3.63) is 31.8 Å². The van der Waals surface area contributed by atoms with Crippen LogP contribution in [0, 0.1) is 10.1 Å². The van der Waals surface area contributed by atoms with Crippen LogP contribution in [0.2, 0.25) is 10.0 Å². The van der Waals surface area contributed by atoms with Crippen LogP contribution in [0.3, 0.4) is 0 Å². The molecule has 6 nitrogen and oxygen atoms in total. The molecule has 0 aliphatic rings. The Hall–Kier alpha value is -1.53. The Labute approximate surface area is 99.5 Å². The maximum atomic E-state index is 11.2. The first-order valence-corrected chi connectivity index (χ1v) is 4.59. The maximum absolute atomic E-state index is 11.2. The Morgan fingerprint density at radius 1 is 1.56 bits per heavy atom. The number of halogens is 2. The van der Waals surface area contributed by atoms with Crippen LogP contribution in [0.15, 0.2) is 6.07 Å². The smallest absolute Gasteiger partial charge is 0.341 e. The van der Waals surface area contributed by atoms with Crippen molar-refractivity contribution in [1.29, 1.82) is 0 Å². The Balaban J connectivity index is 3.56. The van der Waals surface area contributed by atoms with E-state index < -0.39 is 32.9 Å². The van der Waals surface area contributed by atoms with E-state index in [0.717, 1.165) is 13.2 Å². The molecule has 0 saturated carbocycles. The zero-order valence-corrected chi connectivity index (χ0v) is 9.37. The van der Waals surface area contributed by atoms with E-state index >= 15 is 0 Å². The van der Waals surface area contributed by atoms with Crippen LogP contribution in [0.25, 0.3) is 0 Å². The number of rotatable bonds is 2. The molecule has 0 amide bonds. The van der Waals surface area contributed by atoms with Crippen molar-refractivity contribution in [3.8, 4) is 5.75 Å². The molecule has 0 atom stereocenters. The van der Waals surface area contributed by atoms with Gasteiger partial charge in [0.15, 0.2) is 0 Å². The minimum atomic E-state index is -0.945. The molecule has 0 aliphatic heterocycles. The first kappa shape index (κ1) is 12.5. The summed E-state index contributed by atoms with van der Waals surface area (Å²) in [6.45, 7) is 0. The molecule has 0 aromatic heterocycles. The zero-order valence-electron chi connectivity index (χ0n) is 7.86. The number of ether oxygens (including phenoxy) is 1. The number of nitro benzene ring substituents is 1. The molecule has 16 heavy (non-hydrogen) atoms. The number of carbonyl (C=O) groups is 1. The summed E-state index contributed by atoms with van der Waals surface area (Å²) in [5.74, 6) is -1.81. The molecule has 0 saturated heterocycles. The van der Waals surface area contributed by atoms with Gasteiger partial charge in [0.1, 0.15) is 10.6 Å². The number of benzene rings is 1. The molecule has 0 spiro atoms. The van der Waals surface area contributed by atoms with Crippen LogP contribution >= 0.6 is 23.2 Å². The van der Waals surface area contributed by atoms with Crippen molar-refractivity contribution in [2.24, 2.45) is 0 Å². The van der Waals surface area contributed by atoms with Gasteiger partial charge < -0.3 is 9.84 Å². The minimum Gasteiger partial charge on any atom is -0.501 e. The Bertz CT molecular complexity index is 474. The van der Waals surface area contributed by atoms with Gasteiger partial charge in [0, 0.05) is 0 Å². The highest BCUT2D eigenvalue weighted by Crippen LogP contribution is 2.41. The second-order valence-electron chi connectivity index (χ2n) is 2.67. The molecule has 0 aliphatic carbocycles. The number of methoxy groups -OCH3 is 1. The van der Waals surface area contributed by atoms with E-state index in [1.165, 1.54) is 0 Å². The van der Waals surface area contributed by atoms with Gasteiger partial charge in [-0.05, 0) is 6.07 Å². The molecule has 0 fully saturated rings. The molecule has 8 heteroatoms. The summed E-state index contributed by atoms with van der Waals surface area (Å²) in [4.78, 5) is 20.8. The van der Waals surface area contributed by atoms with Crippen LogP contribution in [0.4, 0.5) is 5.69 Å². The number of hydrogen-bond acceptors (Lipinski definition) is 5. The quantitative estimate of drug-likeness (QED) is 0.504. The lowest BCUT2D eigenvalue weighted by Gasteiger charge is -2.05. The standard InChI is InChI=1S/C8H5Cl2NO5/c1-16-8(13)3-2-4(9)5(10)6(7(3)12)11(14)15/h2,12H,1H3. The Kier molecular flexibility index (Phi) is 3.56. The number of nitro groups is 1. The van der Waals surface area contributed by atoms with Gasteiger partial charge in [0.2, 0.25) is 5.75 Å². The van der Waals surface area contributed by atoms with Crippen molar-refractivity contribution >= 4 is 34.9 Å². The van der Waals surface area contributed by atoms with Crippen LogP contribution in [0.5, 0.6) is 5.75 Å². The number of phenols is 1. The normalized spacial score (nSPS) is 9.94. The van der Waals surface area contributed by atoms with Gasteiger partial charge in [-0.2, -0.15) is 0 Å². The molecule has 0 radical (unpaired) electrons. The lowest BCUT2D eigenvalue weighted by atomic mass is 10.1. The number of hydrogen-bond donors (Lipinski definition) is 1. The first-order chi connectivity index (χ1) is 7.40. The monoisotopic (exact) mass is 265 g/mol. The van der Waals surface area contributed by atoms with Crippen LogP contribution < -0.4 is 0 Å². The van der Waals surface area contributed by atoms with Gasteiger partial charge >= 0.3 is 11.7 Å². The molecule has 1 N–H and O–H groups in total. The Morgan fingerprint density at radius 2 is 2.12 bits per heavy atom. The van der Waals surface area contributed by atoms with E-state index in [2.05, 4.69) is 4.74 Å². The highest BCUT2D eigenvalue weighted by molar-refractivity contribution is 6.44. The summed E-state index contributed by atoms with van der Waals surface area (Å²) in [5.41, 5.74) is -1.24. The van der Waals surface area contributed by atoms with E-state index in [1.54, 1.807) is 0 Å². The second kappa shape index (κ2) is 4.54. The fraction of sp³-hybridized carbons (Fsp3) is 0.125. The fourth-order valence-corrected chi connectivity index (χ4v) is 1.45. The molecule has 1 rings (SSSR count). The molecular formula is C8H5Cl2NO5. The molecule has 0 unspecified atom stereocenters. The highest BCUT2D eigenvalue weighted by Gasteiger charge is 2.28. The van der Waals surface area contributed by atoms with Gasteiger partial charge in [0.25, 0.3) is 0 Å². The van der Waals surface area contributed by atoms with Gasteiger partial charge in [0.05, 0.1) is 17.1 Å². The van der Waals surface area contributed by atoms with Crippen LogP contribution in [-0.2, 0) is 4.74 Å². The summed E-state index contributed by atoms with van der Waals surface area (Å²) < 4.78 is 4.32. The SMILES string of the molecule is COC(=O)c1cc(Cl)c(Cl)c([N+](=O)[O-])c1O. The predicted octanol–water partition coefficient (Wildman–Crippen LogP) is 2.39. The number of esters is 1. The van der Waals surface area contributed by atoms with Gasteiger partial charge in [-0.15, -0.1) is 0 Å². The topological polar surface area (TPSA) is 89.7 Å². The highest BCUT2D eigenvalue weighted by atomic mass is 35.5. The first-order valence-electron chi connectivity index (χ1n) is 3.83. The molecule has 86 valence electrons. The molecule has 1 aromatic carbocycles. The zero-order chi connectivity index (χ0) is 12.5. The largest absolute Gasteiger partial charge is 0.501 e.